The molecule has 1 N–H and O–H groups in total. The molecule has 3 nitrogen and oxygen atoms in total. The van der Waals surface area contributed by atoms with Gasteiger partial charge in [-0.05, 0) is 65.4 Å². The summed E-state index contributed by atoms with van der Waals surface area (Å²) in [6, 6.07) is 39.6. The van der Waals surface area contributed by atoms with Gasteiger partial charge in [-0.1, -0.05) is 66.7 Å². The number of hydrogen-bond donors (Lipinski definition) is 1. The number of anilines is 2. The number of benzene rings is 4. The van der Waals surface area contributed by atoms with Crippen molar-refractivity contribution in [3.63, 3.8) is 0 Å². The summed E-state index contributed by atoms with van der Waals surface area (Å²) in [5, 5.41) is 4.70. The third kappa shape index (κ3) is 4.01. The number of hydrogen-bond acceptors (Lipinski definition) is 3. The molecule has 0 aliphatic carbocycles. The second-order valence-electron chi connectivity index (χ2n) is 7.34. The lowest BCUT2D eigenvalue weighted by Gasteiger charge is -2.08. The Kier molecular flexibility index (Phi) is 5.69. The van der Waals surface area contributed by atoms with E-state index in [4.69, 9.17) is 4.74 Å². The molecule has 0 fully saturated rings. The number of rotatable bonds is 6. The molecule has 0 saturated heterocycles. The quantitative estimate of drug-likeness (QED) is 0.288. The normalized spacial score (nSPS) is 10.7. The van der Waals surface area contributed by atoms with Gasteiger partial charge in [0.05, 0.1) is 12.0 Å². The van der Waals surface area contributed by atoms with E-state index in [1.54, 1.807) is 18.4 Å². The molecule has 5 rings (SSSR count). The zero-order valence-corrected chi connectivity index (χ0v) is 18.5. The average Bonchev–Trinajstić information content (AvgIpc) is 3.25. The van der Waals surface area contributed by atoms with Crippen LogP contribution < -0.4 is 14.6 Å². The van der Waals surface area contributed by atoms with Crippen LogP contribution in [0.1, 0.15) is 0 Å². The van der Waals surface area contributed by atoms with E-state index in [0.29, 0.717) is 0 Å². The van der Waals surface area contributed by atoms with Gasteiger partial charge in [0, 0.05) is 5.56 Å². The summed E-state index contributed by atoms with van der Waals surface area (Å²) in [6.45, 7) is 0. The summed E-state index contributed by atoms with van der Waals surface area (Å²) >= 11 is 1.75. The van der Waals surface area contributed by atoms with E-state index in [1.165, 1.54) is 10.4 Å². The number of para-hydroxylation sites is 2. The Morgan fingerprint density at radius 2 is 1.25 bits per heavy atom. The minimum atomic E-state index is 0.846. The largest absolute Gasteiger partial charge is 0.497 e. The average molecular weight is 436 g/mol. The number of nitrogens with one attached hydrogen (secondary N) is 1. The van der Waals surface area contributed by atoms with Gasteiger partial charge in [-0.2, -0.15) is 4.57 Å². The zero-order chi connectivity index (χ0) is 21.8. The van der Waals surface area contributed by atoms with Crippen molar-refractivity contribution in [3.05, 3.63) is 115 Å². The summed E-state index contributed by atoms with van der Waals surface area (Å²) in [6.07, 6.45) is 0. The lowest BCUT2D eigenvalue weighted by molar-refractivity contribution is -0.563. The predicted molar refractivity (Wildman–Crippen MR) is 133 cm³/mol. The fourth-order valence-electron chi connectivity index (χ4n) is 3.74. The zero-order valence-electron chi connectivity index (χ0n) is 17.7. The minimum absolute atomic E-state index is 0.846. The Bertz CT molecular complexity index is 1300. The molecule has 4 heteroatoms. The Balaban J connectivity index is 1.78. The van der Waals surface area contributed by atoms with Crippen LogP contribution >= 0.6 is 11.3 Å². The van der Waals surface area contributed by atoms with Crippen molar-refractivity contribution in [2.45, 2.75) is 0 Å². The van der Waals surface area contributed by atoms with E-state index >= 15 is 0 Å². The molecular formula is C28H23N2OS+. The lowest BCUT2D eigenvalue weighted by Crippen LogP contribution is -2.33. The number of thiazole rings is 1. The van der Waals surface area contributed by atoms with E-state index in [0.717, 1.165) is 33.5 Å². The standard InChI is InChI=1S/C28H22N2OS/c1-31-25-19-17-21(18-20-25)26-27(22-11-5-2-6-12-22)32-28(29-23-13-7-3-8-14-23)30(26)24-15-9-4-10-16-24/h2-20H,1H3/p+1. The molecule has 0 aliphatic heterocycles. The molecule has 32 heavy (non-hydrogen) atoms. The summed E-state index contributed by atoms with van der Waals surface area (Å²) in [5.74, 6) is 0.846. The molecule has 0 aliphatic rings. The fraction of sp³-hybridized carbons (Fsp3) is 0.0357. The molecule has 0 spiro atoms. The second kappa shape index (κ2) is 9.08. The maximum atomic E-state index is 5.40. The Labute approximate surface area is 192 Å². The van der Waals surface area contributed by atoms with Gasteiger partial charge < -0.3 is 4.74 Å². The predicted octanol–water partition coefficient (Wildman–Crippen LogP) is 7.11. The minimum Gasteiger partial charge on any atom is -0.497 e. The Morgan fingerprint density at radius 3 is 1.88 bits per heavy atom. The van der Waals surface area contributed by atoms with E-state index in [1.807, 2.05) is 36.4 Å². The van der Waals surface area contributed by atoms with E-state index in [2.05, 4.69) is 88.7 Å². The monoisotopic (exact) mass is 435 g/mol. The number of aromatic nitrogens is 1. The third-order valence-corrected chi connectivity index (χ3v) is 6.39. The van der Waals surface area contributed by atoms with E-state index in [9.17, 15) is 0 Å². The highest BCUT2D eigenvalue weighted by molar-refractivity contribution is 7.19. The topological polar surface area (TPSA) is 25.1 Å². The SMILES string of the molecule is COc1ccc(-c2c(-c3ccccc3)sc(Nc3ccccc3)[n+]2-c2ccccc2)cc1. The van der Waals surface area contributed by atoms with Gasteiger partial charge >= 0.3 is 5.13 Å². The van der Waals surface area contributed by atoms with Crippen LogP contribution in [-0.4, -0.2) is 7.11 Å². The van der Waals surface area contributed by atoms with Crippen LogP contribution in [-0.2, 0) is 0 Å². The maximum Gasteiger partial charge on any atom is 0.345 e. The maximum absolute atomic E-state index is 5.40. The van der Waals surface area contributed by atoms with Gasteiger partial charge in [0.25, 0.3) is 0 Å². The summed E-state index contributed by atoms with van der Waals surface area (Å²) in [4.78, 5) is 1.21. The van der Waals surface area contributed by atoms with Crippen LogP contribution in [0.25, 0.3) is 27.4 Å². The Hall–Kier alpha value is -3.89. The van der Waals surface area contributed by atoms with Crippen LogP contribution in [0.5, 0.6) is 5.75 Å². The molecule has 0 radical (unpaired) electrons. The first-order valence-corrected chi connectivity index (χ1v) is 11.3. The van der Waals surface area contributed by atoms with Crippen LogP contribution in [0, 0.1) is 0 Å². The van der Waals surface area contributed by atoms with Crippen molar-refractivity contribution < 1.29 is 9.30 Å². The summed E-state index contributed by atoms with van der Waals surface area (Å²) in [7, 11) is 1.70. The van der Waals surface area contributed by atoms with E-state index < -0.39 is 0 Å². The summed E-state index contributed by atoms with van der Waals surface area (Å²) < 4.78 is 7.71. The molecule has 156 valence electrons. The van der Waals surface area contributed by atoms with Crippen molar-refractivity contribution in [2.75, 3.05) is 12.4 Å². The van der Waals surface area contributed by atoms with Gasteiger partial charge in [-0.3, -0.25) is 0 Å². The number of methoxy groups -OCH3 is 1. The highest BCUT2D eigenvalue weighted by Gasteiger charge is 2.28. The molecule has 4 aromatic carbocycles. The van der Waals surface area contributed by atoms with Gasteiger partial charge in [0.1, 0.15) is 17.1 Å². The van der Waals surface area contributed by atoms with E-state index in [-0.39, 0.29) is 0 Å². The van der Waals surface area contributed by atoms with Gasteiger partial charge in [0.15, 0.2) is 5.69 Å². The van der Waals surface area contributed by atoms with Crippen LogP contribution in [0.2, 0.25) is 0 Å². The lowest BCUT2D eigenvalue weighted by atomic mass is 10.1. The molecule has 1 aromatic heterocycles. The highest BCUT2D eigenvalue weighted by Crippen LogP contribution is 2.40. The first kappa shape index (κ1) is 20.0. The first-order chi connectivity index (χ1) is 15.8. The summed E-state index contributed by atoms with van der Waals surface area (Å²) in [5.41, 5.74) is 5.63. The molecule has 0 atom stereocenters. The van der Waals surface area contributed by atoms with Crippen molar-refractivity contribution in [3.8, 4) is 33.1 Å². The fourth-order valence-corrected chi connectivity index (χ4v) is 4.95. The van der Waals surface area contributed by atoms with Gasteiger partial charge in [-0.25, -0.2) is 5.32 Å². The number of nitrogens with zero attached hydrogens (tertiary/aromatic N) is 1. The molecular weight excluding hydrogens is 412 g/mol. The first-order valence-electron chi connectivity index (χ1n) is 10.5. The Morgan fingerprint density at radius 1 is 0.656 bits per heavy atom. The van der Waals surface area contributed by atoms with Crippen LogP contribution in [0.3, 0.4) is 0 Å². The molecule has 0 saturated carbocycles. The van der Waals surface area contributed by atoms with Gasteiger partial charge in [-0.15, -0.1) is 0 Å². The smallest absolute Gasteiger partial charge is 0.345 e. The molecule has 1 heterocycles. The van der Waals surface area contributed by atoms with Gasteiger partial charge in [0.2, 0.25) is 0 Å². The second-order valence-corrected chi connectivity index (χ2v) is 8.34. The highest BCUT2D eigenvalue weighted by atomic mass is 32.1. The molecule has 5 aromatic rings. The van der Waals surface area contributed by atoms with Crippen molar-refractivity contribution in [1.82, 2.24) is 0 Å². The van der Waals surface area contributed by atoms with Crippen molar-refractivity contribution in [2.24, 2.45) is 0 Å². The van der Waals surface area contributed by atoms with Crippen LogP contribution in [0.4, 0.5) is 10.8 Å². The molecule has 0 amide bonds. The van der Waals surface area contributed by atoms with Crippen molar-refractivity contribution >= 4 is 22.2 Å². The van der Waals surface area contributed by atoms with Crippen LogP contribution in [0.15, 0.2) is 115 Å². The molecule has 0 unspecified atom stereocenters. The third-order valence-electron chi connectivity index (χ3n) is 5.28. The number of ether oxygens (including phenoxy) is 1. The van der Waals surface area contributed by atoms with Crippen molar-refractivity contribution in [1.29, 1.82) is 0 Å². The molecule has 0 bridgehead atoms.